The molecule has 0 atom stereocenters. The Morgan fingerprint density at radius 2 is 1.06 bits per heavy atom. The Morgan fingerprint density at radius 3 is 1.42 bits per heavy atom. The number of nitrogens with one attached hydrogen (secondary N) is 1. The average molecular weight is 869 g/mol. The molecule has 0 saturated carbocycles. The van der Waals surface area contributed by atoms with Gasteiger partial charge in [0.2, 0.25) is 5.91 Å². The van der Waals surface area contributed by atoms with E-state index in [-0.39, 0.29) is 80.2 Å². The zero-order valence-corrected chi connectivity index (χ0v) is 33.3. The fourth-order valence-electron chi connectivity index (χ4n) is 7.25. The highest BCUT2D eigenvalue weighted by atomic mass is 19.4. The summed E-state index contributed by atoms with van der Waals surface area (Å²) >= 11 is 0. The Bertz CT molecular complexity index is 2340. The van der Waals surface area contributed by atoms with Gasteiger partial charge in [0, 0.05) is 51.4 Å². The predicted molar refractivity (Wildman–Crippen MR) is 220 cm³/mol. The molecule has 0 radical (unpaired) electrons. The summed E-state index contributed by atoms with van der Waals surface area (Å²) in [6.07, 6.45) is -10.1. The van der Waals surface area contributed by atoms with Crippen LogP contribution < -0.4 is 25.7 Å². The summed E-state index contributed by atoms with van der Waals surface area (Å²) in [6.45, 7) is 5.42. The van der Waals surface area contributed by atoms with Crippen molar-refractivity contribution in [2.24, 2.45) is 0 Å². The van der Waals surface area contributed by atoms with Crippen LogP contribution in [0.1, 0.15) is 42.0 Å². The SMILES string of the molecule is C=C(C)C(=O)NCCCN(Cc1cc(OC(F)(F)F)ccc1B(O)O)Cc1c2ccccc2c(CN(CCC(=O)O)Cc2cc(OC(F)(F)F)ccc2B(O)O)c2ccccc12. The molecule has 0 aliphatic rings. The van der Waals surface area contributed by atoms with E-state index in [9.17, 15) is 61.1 Å². The van der Waals surface area contributed by atoms with Crippen LogP contribution in [0.2, 0.25) is 0 Å². The van der Waals surface area contributed by atoms with Crippen LogP contribution in [0.5, 0.6) is 11.5 Å². The lowest BCUT2D eigenvalue weighted by Crippen LogP contribution is -2.37. The van der Waals surface area contributed by atoms with Gasteiger partial charge in [-0.2, -0.15) is 0 Å². The third kappa shape index (κ3) is 13.2. The number of alkyl halides is 6. The molecule has 0 heterocycles. The molecule has 0 aromatic heterocycles. The van der Waals surface area contributed by atoms with Crippen LogP contribution >= 0.6 is 0 Å². The zero-order valence-electron chi connectivity index (χ0n) is 33.3. The first-order valence-corrected chi connectivity index (χ1v) is 19.2. The summed E-state index contributed by atoms with van der Waals surface area (Å²) in [5.41, 5.74) is 1.76. The maximum atomic E-state index is 13.3. The third-order valence-electron chi connectivity index (χ3n) is 9.92. The average Bonchev–Trinajstić information content (AvgIpc) is 3.18. The summed E-state index contributed by atoms with van der Waals surface area (Å²) < 4.78 is 87.6. The number of rotatable bonds is 20. The number of nitrogens with zero attached hydrogens (tertiary/aromatic N) is 2. The number of carboxylic acids is 1. The molecule has 12 nitrogen and oxygen atoms in total. The summed E-state index contributed by atoms with van der Waals surface area (Å²) in [4.78, 5) is 27.6. The van der Waals surface area contributed by atoms with Gasteiger partial charge in [-0.05, 0) is 92.3 Å². The van der Waals surface area contributed by atoms with Gasteiger partial charge in [0.25, 0.3) is 0 Å². The molecule has 0 saturated heterocycles. The maximum absolute atomic E-state index is 13.3. The molecule has 5 aromatic rings. The van der Waals surface area contributed by atoms with Gasteiger partial charge in [-0.1, -0.05) is 67.2 Å². The maximum Gasteiger partial charge on any atom is 0.573 e. The summed E-state index contributed by atoms with van der Waals surface area (Å²) in [7, 11) is -4.11. The van der Waals surface area contributed by atoms with Gasteiger partial charge in [-0.3, -0.25) is 19.4 Å². The van der Waals surface area contributed by atoms with E-state index in [4.69, 9.17) is 0 Å². The van der Waals surface area contributed by atoms with Crippen molar-refractivity contribution in [3.8, 4) is 11.5 Å². The molecular weight excluding hydrogens is 826 g/mol. The van der Waals surface area contributed by atoms with Crippen molar-refractivity contribution in [1.82, 2.24) is 15.1 Å². The highest BCUT2D eigenvalue weighted by Crippen LogP contribution is 2.36. The molecule has 0 unspecified atom stereocenters. The van der Waals surface area contributed by atoms with Crippen molar-refractivity contribution in [2.45, 2.75) is 58.7 Å². The number of hydrogen-bond donors (Lipinski definition) is 6. The van der Waals surface area contributed by atoms with Gasteiger partial charge in [-0.15, -0.1) is 26.3 Å². The predicted octanol–water partition coefficient (Wildman–Crippen LogP) is 4.71. The lowest BCUT2D eigenvalue weighted by molar-refractivity contribution is -0.275. The normalized spacial score (nSPS) is 12.0. The fraction of sp³-hybridized carbons (Fsp3) is 0.286. The molecule has 328 valence electrons. The molecule has 0 aliphatic heterocycles. The summed E-state index contributed by atoms with van der Waals surface area (Å²) in [5, 5.41) is 55.9. The topological polar surface area (TPSA) is 172 Å². The molecule has 1 amide bonds. The Morgan fingerprint density at radius 1 is 0.661 bits per heavy atom. The van der Waals surface area contributed by atoms with Crippen LogP contribution in [0, 0.1) is 0 Å². The van der Waals surface area contributed by atoms with Crippen LogP contribution in [0.3, 0.4) is 0 Å². The fourth-order valence-corrected chi connectivity index (χ4v) is 7.25. The van der Waals surface area contributed by atoms with E-state index in [0.717, 1.165) is 52.7 Å². The summed E-state index contributed by atoms with van der Waals surface area (Å²) in [6, 6.07) is 20.8. The van der Waals surface area contributed by atoms with Crippen molar-refractivity contribution in [3.05, 3.63) is 119 Å². The first kappa shape index (κ1) is 47.4. The minimum absolute atomic E-state index is 0.0375. The van der Waals surface area contributed by atoms with E-state index >= 15 is 0 Å². The van der Waals surface area contributed by atoms with E-state index in [2.05, 4.69) is 21.4 Å². The smallest absolute Gasteiger partial charge is 0.481 e. The monoisotopic (exact) mass is 869 g/mol. The number of carbonyl (C=O) groups is 2. The van der Waals surface area contributed by atoms with Crippen LogP contribution in [0.15, 0.2) is 97.1 Å². The van der Waals surface area contributed by atoms with E-state index in [1.807, 2.05) is 29.2 Å². The minimum atomic E-state index is -5.04. The second-order valence-corrected chi connectivity index (χ2v) is 14.6. The second-order valence-electron chi connectivity index (χ2n) is 14.6. The Kier molecular flexibility index (Phi) is 15.7. The number of aliphatic carboxylic acids is 1. The first-order chi connectivity index (χ1) is 29.2. The number of carboxylic acid groups (broad SMARTS) is 1. The molecule has 0 aliphatic carbocycles. The minimum Gasteiger partial charge on any atom is -0.481 e. The third-order valence-corrected chi connectivity index (χ3v) is 9.92. The van der Waals surface area contributed by atoms with Gasteiger partial charge in [0.1, 0.15) is 11.5 Å². The zero-order chi connectivity index (χ0) is 45.4. The van der Waals surface area contributed by atoms with Crippen molar-refractivity contribution in [1.29, 1.82) is 0 Å². The Balaban J connectivity index is 1.60. The first-order valence-electron chi connectivity index (χ1n) is 19.2. The van der Waals surface area contributed by atoms with Crippen molar-refractivity contribution in [3.63, 3.8) is 0 Å². The van der Waals surface area contributed by atoms with Crippen LogP contribution in [-0.2, 0) is 35.8 Å². The second kappa shape index (κ2) is 20.5. The number of benzene rings is 5. The molecule has 0 spiro atoms. The van der Waals surface area contributed by atoms with E-state index < -0.39 is 44.4 Å². The van der Waals surface area contributed by atoms with Gasteiger partial charge in [-0.25, -0.2) is 0 Å². The largest absolute Gasteiger partial charge is 0.573 e. The van der Waals surface area contributed by atoms with E-state index in [1.54, 1.807) is 36.1 Å². The highest BCUT2D eigenvalue weighted by Gasteiger charge is 2.33. The molecule has 62 heavy (non-hydrogen) atoms. The molecule has 5 rings (SSSR count). The molecule has 5 aromatic carbocycles. The number of amides is 1. The lowest BCUT2D eigenvalue weighted by atomic mass is 9.76. The Hall–Kier alpha value is -5.63. The molecular formula is C42H43B2F6N3O9. The number of halogens is 6. The summed E-state index contributed by atoms with van der Waals surface area (Å²) in [5.74, 6) is -2.70. The van der Waals surface area contributed by atoms with Gasteiger partial charge < -0.3 is 40.0 Å². The molecule has 0 fully saturated rings. The Labute approximate surface area is 352 Å². The van der Waals surface area contributed by atoms with Gasteiger partial charge in [0.15, 0.2) is 0 Å². The quantitative estimate of drug-likeness (QED) is 0.0211. The molecule has 0 bridgehead atoms. The lowest BCUT2D eigenvalue weighted by Gasteiger charge is -2.28. The number of hydrogen-bond acceptors (Lipinski definition) is 10. The number of ether oxygens (including phenoxy) is 2. The highest BCUT2D eigenvalue weighted by molar-refractivity contribution is 6.59. The van der Waals surface area contributed by atoms with E-state index in [0.29, 0.717) is 28.3 Å². The van der Waals surface area contributed by atoms with Crippen molar-refractivity contribution in [2.75, 3.05) is 19.6 Å². The van der Waals surface area contributed by atoms with Gasteiger partial charge >= 0.3 is 32.9 Å². The molecule has 6 N–H and O–H groups in total. The number of fused-ring (bicyclic) bond motifs is 2. The van der Waals surface area contributed by atoms with Crippen LogP contribution in [-0.4, -0.2) is 93.5 Å². The van der Waals surface area contributed by atoms with Gasteiger partial charge in [0.05, 0.1) is 6.42 Å². The number of carbonyl (C=O) groups excluding carboxylic acids is 1. The van der Waals surface area contributed by atoms with Crippen molar-refractivity contribution < 1.29 is 70.6 Å². The standard InChI is InChI=1S/C42H43B2F6N3O9/c1-26(2)40(56)51-17-7-18-52(22-27-20-29(61-41(45,46)47)12-14-37(27)43(57)58)24-35-31-8-3-5-10-33(31)36(34-11-6-4-9-32(34)35)25-53(19-16-39(54)55)23-28-21-30(62-42(48,49)50)13-15-38(28)44(59)60/h3-6,8-15,20-21,57-60H,1,7,16-19,22-25H2,2H3,(H,51,56)(H,54,55). The molecule has 20 heteroatoms. The van der Waals surface area contributed by atoms with Crippen LogP contribution in [0.25, 0.3) is 21.5 Å². The van der Waals surface area contributed by atoms with E-state index in [1.165, 1.54) is 0 Å². The van der Waals surface area contributed by atoms with Crippen LogP contribution in [0.4, 0.5) is 26.3 Å². The van der Waals surface area contributed by atoms with Crippen molar-refractivity contribution >= 4 is 58.6 Å².